The molecule has 0 fully saturated rings. The molecule has 1 amide bonds. The number of aryl methyl sites for hydroxylation is 1. The molecule has 0 saturated heterocycles. The van der Waals surface area contributed by atoms with Crippen molar-refractivity contribution in [2.45, 2.75) is 51.0 Å². The first-order valence-corrected chi connectivity index (χ1v) is 14.8. The molecule has 1 heterocycles. The zero-order chi connectivity index (χ0) is 29.5. The number of nitrogens with two attached hydrogens (primary N) is 2. The molecule has 0 spiro atoms. The van der Waals surface area contributed by atoms with Gasteiger partial charge in [-0.3, -0.25) is 14.8 Å². The highest BCUT2D eigenvalue weighted by molar-refractivity contribution is 7.89. The fourth-order valence-electron chi connectivity index (χ4n) is 4.55. The first-order valence-electron chi connectivity index (χ1n) is 13.0. The fraction of sp³-hybridized carbons (Fsp3) is 0.345. The van der Waals surface area contributed by atoms with Crippen molar-refractivity contribution in [2.75, 3.05) is 19.6 Å². The van der Waals surface area contributed by atoms with Crippen LogP contribution >= 0.6 is 11.6 Å². The van der Waals surface area contributed by atoms with Crippen LogP contribution in [0, 0.1) is 13.8 Å². The summed E-state index contributed by atoms with van der Waals surface area (Å²) in [6.07, 6.45) is 3.98. The highest BCUT2D eigenvalue weighted by Crippen LogP contribution is 2.37. The molecule has 0 radical (unpaired) electrons. The zero-order valence-corrected chi connectivity index (χ0v) is 24.9. The van der Waals surface area contributed by atoms with Crippen molar-refractivity contribution in [2.24, 2.45) is 16.5 Å². The number of halogens is 1. The van der Waals surface area contributed by atoms with Gasteiger partial charge in [0.25, 0.3) is 0 Å². The lowest BCUT2D eigenvalue weighted by Crippen LogP contribution is -2.46. The number of nitrogens with zero attached hydrogens (tertiary/aromatic N) is 3. The Bertz CT molecular complexity index is 1490. The molecule has 5 N–H and O–H groups in total. The molecule has 0 aliphatic heterocycles. The van der Waals surface area contributed by atoms with Gasteiger partial charge in [-0.25, -0.2) is 8.42 Å². The second kappa shape index (κ2) is 13.3. The number of aliphatic imine (C=N–C) groups is 1. The second-order valence-corrected chi connectivity index (χ2v) is 12.3. The molecule has 0 bridgehead atoms. The van der Waals surface area contributed by atoms with Gasteiger partial charge < -0.3 is 16.8 Å². The fourth-order valence-corrected chi connectivity index (χ4v) is 6.84. The Morgan fingerprint density at radius 1 is 1.12 bits per heavy atom. The van der Waals surface area contributed by atoms with Gasteiger partial charge in [-0.05, 0) is 86.2 Å². The van der Waals surface area contributed by atoms with Crippen LogP contribution in [-0.2, 0) is 20.4 Å². The highest BCUT2D eigenvalue weighted by atomic mass is 35.5. The third-order valence-electron chi connectivity index (χ3n) is 6.80. The van der Waals surface area contributed by atoms with Gasteiger partial charge in [0.2, 0.25) is 15.9 Å². The molecule has 1 aromatic heterocycles. The molecule has 0 aliphatic carbocycles. The van der Waals surface area contributed by atoms with Crippen LogP contribution in [0.3, 0.4) is 0 Å². The van der Waals surface area contributed by atoms with Crippen LogP contribution in [0.5, 0.6) is 0 Å². The number of carbonyl (C=O) groups excluding carboxylic acids is 1. The number of guanidine groups is 1. The van der Waals surface area contributed by atoms with E-state index in [4.69, 9.17) is 23.1 Å². The Labute approximate surface area is 241 Å². The normalized spacial score (nSPS) is 11.8. The van der Waals surface area contributed by atoms with E-state index in [1.54, 1.807) is 37.5 Å². The lowest BCUT2D eigenvalue weighted by Gasteiger charge is -2.38. The van der Waals surface area contributed by atoms with E-state index in [0.29, 0.717) is 17.0 Å². The average Bonchev–Trinajstić information content (AvgIpc) is 2.90. The van der Waals surface area contributed by atoms with Gasteiger partial charge in [-0.1, -0.05) is 35.9 Å². The van der Waals surface area contributed by atoms with E-state index >= 15 is 0 Å². The predicted octanol–water partition coefficient (Wildman–Crippen LogP) is 4.11. The van der Waals surface area contributed by atoms with Crippen LogP contribution < -0.4 is 16.8 Å². The molecular weight excluding hydrogens is 548 g/mol. The summed E-state index contributed by atoms with van der Waals surface area (Å²) in [5.41, 5.74) is 13.9. The minimum absolute atomic E-state index is 0.0446. The summed E-state index contributed by atoms with van der Waals surface area (Å²) in [5.74, 6) is -0.258. The number of hydrogen-bond donors (Lipinski definition) is 3. The van der Waals surface area contributed by atoms with Gasteiger partial charge in [-0.2, -0.15) is 4.31 Å². The Morgan fingerprint density at radius 2 is 1.85 bits per heavy atom. The Balaban J connectivity index is 1.95. The predicted molar refractivity (Wildman–Crippen MR) is 160 cm³/mol. The van der Waals surface area contributed by atoms with Crippen molar-refractivity contribution >= 4 is 33.5 Å². The van der Waals surface area contributed by atoms with Gasteiger partial charge in [0, 0.05) is 36.9 Å². The van der Waals surface area contributed by atoms with Gasteiger partial charge in [0.15, 0.2) is 5.96 Å². The first-order chi connectivity index (χ1) is 18.9. The third-order valence-corrected chi connectivity index (χ3v) is 9.43. The quantitative estimate of drug-likeness (QED) is 0.166. The zero-order valence-electron chi connectivity index (χ0n) is 23.3. The molecule has 0 saturated carbocycles. The molecule has 0 atom stereocenters. The third kappa shape index (κ3) is 7.38. The topological polar surface area (TPSA) is 144 Å². The van der Waals surface area contributed by atoms with Crippen molar-refractivity contribution in [3.63, 3.8) is 0 Å². The number of benzene rings is 2. The second-order valence-electron chi connectivity index (χ2n) is 10.0. The number of rotatable bonds is 12. The van der Waals surface area contributed by atoms with Crippen LogP contribution in [0.2, 0.25) is 5.02 Å². The van der Waals surface area contributed by atoms with Crippen LogP contribution in [0.1, 0.15) is 43.4 Å². The number of hydrogen-bond acceptors (Lipinski definition) is 5. The van der Waals surface area contributed by atoms with Gasteiger partial charge in [0.1, 0.15) is 0 Å². The van der Waals surface area contributed by atoms with Crippen LogP contribution in [0.25, 0.3) is 11.1 Å². The smallest absolute Gasteiger partial charge is 0.244 e. The summed E-state index contributed by atoms with van der Waals surface area (Å²) >= 11 is 6.32. The van der Waals surface area contributed by atoms with Gasteiger partial charge in [0.05, 0.1) is 17.0 Å². The van der Waals surface area contributed by atoms with Crippen molar-refractivity contribution < 1.29 is 13.2 Å². The van der Waals surface area contributed by atoms with Crippen LogP contribution in [0.15, 0.2) is 70.8 Å². The number of aromatic nitrogens is 1. The molecule has 0 aliphatic rings. The van der Waals surface area contributed by atoms with Crippen LogP contribution in [-0.4, -0.2) is 49.2 Å². The lowest BCUT2D eigenvalue weighted by atomic mass is 9.90. The van der Waals surface area contributed by atoms with E-state index < -0.39 is 15.6 Å². The van der Waals surface area contributed by atoms with E-state index in [1.165, 1.54) is 4.31 Å². The van der Waals surface area contributed by atoms with Gasteiger partial charge >= 0.3 is 0 Å². The Morgan fingerprint density at radius 3 is 2.55 bits per heavy atom. The summed E-state index contributed by atoms with van der Waals surface area (Å²) in [6.45, 7) is 8.09. The first kappa shape index (κ1) is 31.1. The maximum atomic E-state index is 14.2. The largest absolute Gasteiger partial charge is 0.370 e. The standard InChI is InChI=1S/C29H37ClN6O3S/c1-20-19-33-14-13-24(20)22-8-5-9-23(18-22)29(3,4)36(17-7-12-27(37)34-15-16-35-28(31)32)40(38,39)26-11-6-10-25(30)21(26)2/h5-6,8-11,13-14,18-19H,7,12,15-17H2,1-4H3,(H,34,37)(H4,31,32,35). The molecular formula is C29H37ClN6O3S. The van der Waals surface area contributed by atoms with Crippen molar-refractivity contribution in [1.82, 2.24) is 14.6 Å². The molecule has 214 valence electrons. The van der Waals surface area contributed by atoms with Crippen molar-refractivity contribution in [1.29, 1.82) is 0 Å². The number of carbonyl (C=O) groups is 1. The molecule has 40 heavy (non-hydrogen) atoms. The summed E-state index contributed by atoms with van der Waals surface area (Å²) in [7, 11) is -4.01. The summed E-state index contributed by atoms with van der Waals surface area (Å²) in [5, 5.41) is 3.12. The molecule has 0 unspecified atom stereocenters. The maximum Gasteiger partial charge on any atom is 0.244 e. The molecule has 9 nitrogen and oxygen atoms in total. The summed E-state index contributed by atoms with van der Waals surface area (Å²) in [4.78, 5) is 20.6. The number of nitrogens with one attached hydrogen (secondary N) is 1. The van der Waals surface area contributed by atoms with E-state index in [9.17, 15) is 13.2 Å². The number of sulfonamides is 1. The minimum atomic E-state index is -4.01. The minimum Gasteiger partial charge on any atom is -0.370 e. The molecule has 2 aromatic carbocycles. The SMILES string of the molecule is Cc1cnccc1-c1cccc(C(C)(C)N(CCCC(=O)NCCN=C(N)N)S(=O)(=O)c2cccc(Cl)c2C)c1. The summed E-state index contributed by atoms with van der Waals surface area (Å²) < 4.78 is 29.9. The van der Waals surface area contributed by atoms with Crippen LogP contribution in [0.4, 0.5) is 0 Å². The van der Waals surface area contributed by atoms with E-state index in [2.05, 4.69) is 15.3 Å². The molecule has 3 rings (SSSR count). The van der Waals surface area contributed by atoms with E-state index in [1.807, 2.05) is 51.1 Å². The summed E-state index contributed by atoms with van der Waals surface area (Å²) in [6, 6.07) is 14.6. The number of pyridine rings is 1. The van der Waals surface area contributed by atoms with Crippen molar-refractivity contribution in [3.8, 4) is 11.1 Å². The number of amides is 1. The maximum absolute atomic E-state index is 14.2. The molecule has 11 heteroatoms. The monoisotopic (exact) mass is 584 g/mol. The van der Waals surface area contributed by atoms with E-state index in [-0.39, 0.29) is 42.8 Å². The van der Waals surface area contributed by atoms with E-state index in [0.717, 1.165) is 22.3 Å². The Hall–Kier alpha value is -3.47. The van der Waals surface area contributed by atoms with Crippen molar-refractivity contribution in [3.05, 3.63) is 82.6 Å². The highest BCUT2D eigenvalue weighted by Gasteiger charge is 2.39. The van der Waals surface area contributed by atoms with Gasteiger partial charge in [-0.15, -0.1) is 0 Å². The molecule has 3 aromatic rings. The Kier molecular flexibility index (Phi) is 10.3. The lowest BCUT2D eigenvalue weighted by molar-refractivity contribution is -0.121. The average molecular weight is 585 g/mol.